The van der Waals surface area contributed by atoms with Crippen LogP contribution in [0.1, 0.15) is 43.9 Å². The van der Waals surface area contributed by atoms with Crippen LogP contribution in [0, 0.1) is 0 Å². The number of hydrogen-bond donors (Lipinski definition) is 0. The van der Waals surface area contributed by atoms with Gasteiger partial charge in [0.05, 0.1) is 7.11 Å². The quantitative estimate of drug-likeness (QED) is 0.476. The average Bonchev–Trinajstić information content (AvgIpc) is 2.78. The van der Waals surface area contributed by atoms with Crippen LogP contribution in [0.5, 0.6) is 5.75 Å². The van der Waals surface area contributed by atoms with Crippen LogP contribution in [0.3, 0.4) is 0 Å². The highest BCUT2D eigenvalue weighted by atomic mass is 16.5. The molecule has 3 aromatic carbocycles. The number of carbonyl (C=O) groups is 1. The van der Waals surface area contributed by atoms with Gasteiger partial charge in [-0.2, -0.15) is 0 Å². The number of hydrogen-bond acceptors (Lipinski definition) is 2. The molecule has 0 unspecified atom stereocenters. The van der Waals surface area contributed by atoms with Crippen molar-refractivity contribution in [1.29, 1.82) is 0 Å². The molecule has 0 aromatic heterocycles. The number of anilines is 1. The number of rotatable bonds is 4. The molecule has 3 heteroatoms. The van der Waals surface area contributed by atoms with E-state index in [0.29, 0.717) is 0 Å². The Morgan fingerprint density at radius 1 is 0.903 bits per heavy atom. The lowest BCUT2D eigenvalue weighted by Gasteiger charge is -2.51. The molecule has 1 aliphatic heterocycles. The molecule has 0 radical (unpaired) electrons. The van der Waals surface area contributed by atoms with Gasteiger partial charge in [-0.3, -0.25) is 4.79 Å². The molecule has 1 atom stereocenters. The minimum Gasteiger partial charge on any atom is -0.497 e. The molecule has 0 N–H and O–H groups in total. The molecule has 31 heavy (non-hydrogen) atoms. The number of amides is 1. The van der Waals surface area contributed by atoms with Crippen LogP contribution >= 0.6 is 0 Å². The van der Waals surface area contributed by atoms with Crippen LogP contribution < -0.4 is 9.64 Å². The van der Waals surface area contributed by atoms with E-state index in [4.69, 9.17) is 4.74 Å². The van der Waals surface area contributed by atoms with Crippen LogP contribution in [-0.2, 0) is 10.2 Å². The van der Waals surface area contributed by atoms with Crippen molar-refractivity contribution in [3.05, 3.63) is 102 Å². The molecule has 4 rings (SSSR count). The van der Waals surface area contributed by atoms with Crippen molar-refractivity contribution >= 4 is 17.7 Å². The fraction of sp³-hybridized carbons (Fsp3) is 0.250. The lowest BCUT2D eigenvalue weighted by molar-refractivity contribution is -0.115. The smallest absolute Gasteiger partial charge is 0.251 e. The summed E-state index contributed by atoms with van der Waals surface area (Å²) in [5.74, 6) is 0.844. The van der Waals surface area contributed by atoms with E-state index in [0.717, 1.165) is 23.4 Å². The van der Waals surface area contributed by atoms with E-state index >= 15 is 0 Å². The third-order valence-corrected chi connectivity index (χ3v) is 6.30. The summed E-state index contributed by atoms with van der Waals surface area (Å²) in [5.41, 5.74) is 3.80. The zero-order valence-electron chi connectivity index (χ0n) is 18.6. The predicted molar refractivity (Wildman–Crippen MR) is 128 cm³/mol. The molecule has 0 saturated carbocycles. The summed E-state index contributed by atoms with van der Waals surface area (Å²) in [7, 11) is 1.68. The lowest BCUT2D eigenvalue weighted by Crippen LogP contribution is -2.55. The highest BCUT2D eigenvalue weighted by Crippen LogP contribution is 2.50. The number of benzene rings is 3. The van der Waals surface area contributed by atoms with Gasteiger partial charge >= 0.3 is 0 Å². The number of ether oxygens (including phenoxy) is 1. The topological polar surface area (TPSA) is 29.5 Å². The van der Waals surface area contributed by atoms with Crippen molar-refractivity contribution in [2.24, 2.45) is 0 Å². The predicted octanol–water partition coefficient (Wildman–Crippen LogP) is 6.23. The summed E-state index contributed by atoms with van der Waals surface area (Å²) in [4.78, 5) is 15.4. The minimum atomic E-state index is -0.360. The molecule has 3 nitrogen and oxygen atoms in total. The van der Waals surface area contributed by atoms with Crippen LogP contribution in [0.15, 0.2) is 84.9 Å². The lowest BCUT2D eigenvalue weighted by atomic mass is 9.65. The minimum absolute atomic E-state index is 0.00177. The maximum Gasteiger partial charge on any atom is 0.251 e. The summed E-state index contributed by atoms with van der Waals surface area (Å²) >= 11 is 0. The van der Waals surface area contributed by atoms with E-state index in [-0.39, 0.29) is 16.9 Å². The fourth-order valence-corrected chi connectivity index (χ4v) is 4.94. The summed E-state index contributed by atoms with van der Waals surface area (Å²) < 4.78 is 5.35. The van der Waals surface area contributed by atoms with Crippen molar-refractivity contribution in [1.82, 2.24) is 0 Å². The maximum atomic E-state index is 13.4. The van der Waals surface area contributed by atoms with Gasteiger partial charge in [-0.1, -0.05) is 67.6 Å². The maximum absolute atomic E-state index is 13.4. The Morgan fingerprint density at radius 2 is 1.55 bits per heavy atom. The van der Waals surface area contributed by atoms with E-state index in [9.17, 15) is 4.79 Å². The Balaban J connectivity index is 1.76. The first kappa shape index (κ1) is 20.9. The number of para-hydroxylation sites is 1. The zero-order valence-corrected chi connectivity index (χ0v) is 18.6. The third-order valence-electron chi connectivity index (χ3n) is 6.30. The average molecular weight is 412 g/mol. The molecular weight excluding hydrogens is 382 g/mol. The van der Waals surface area contributed by atoms with Crippen LogP contribution in [0.4, 0.5) is 5.69 Å². The number of carbonyl (C=O) groups excluding carboxylic acids is 1. The van der Waals surface area contributed by atoms with Crippen molar-refractivity contribution in [2.45, 2.75) is 38.1 Å². The Bertz CT molecular complexity index is 1100. The fourth-order valence-electron chi connectivity index (χ4n) is 4.94. The SMILES string of the molecule is COc1ccc([C@]2(C)CC(C)(C)N(C(=O)/C=C/c3ccccc3)c3ccccc32)cc1. The van der Waals surface area contributed by atoms with Crippen molar-refractivity contribution < 1.29 is 9.53 Å². The van der Waals surface area contributed by atoms with Gasteiger partial charge in [0, 0.05) is 22.7 Å². The monoisotopic (exact) mass is 411 g/mol. The van der Waals surface area contributed by atoms with Gasteiger partial charge in [-0.25, -0.2) is 0 Å². The standard InChI is InChI=1S/C28H29NO2/c1-27(2)20-28(3,22-15-17-23(31-4)18-16-22)24-12-8-9-13-25(24)29(27)26(30)19-14-21-10-6-5-7-11-21/h5-19H,20H2,1-4H3/b19-14+/t28-/m0/s1. The molecule has 0 spiro atoms. The molecule has 1 heterocycles. The van der Waals surface area contributed by atoms with E-state index in [1.165, 1.54) is 11.1 Å². The Hall–Kier alpha value is -3.33. The first-order valence-corrected chi connectivity index (χ1v) is 10.7. The first-order chi connectivity index (χ1) is 14.8. The van der Waals surface area contributed by atoms with E-state index in [1.54, 1.807) is 13.2 Å². The molecular formula is C28H29NO2. The van der Waals surface area contributed by atoms with Gasteiger partial charge in [0.15, 0.2) is 0 Å². The largest absolute Gasteiger partial charge is 0.497 e. The second-order valence-corrected chi connectivity index (χ2v) is 8.98. The molecule has 0 bridgehead atoms. The second kappa shape index (κ2) is 8.07. The van der Waals surface area contributed by atoms with Gasteiger partial charge in [0.2, 0.25) is 0 Å². The zero-order chi connectivity index (χ0) is 22.1. The normalized spacial score (nSPS) is 19.8. The molecule has 0 aliphatic carbocycles. The molecule has 158 valence electrons. The van der Waals surface area contributed by atoms with Crippen molar-refractivity contribution in [3.63, 3.8) is 0 Å². The van der Waals surface area contributed by atoms with Gasteiger partial charge < -0.3 is 9.64 Å². The third kappa shape index (κ3) is 3.88. The summed E-state index contributed by atoms with van der Waals surface area (Å²) in [5, 5.41) is 0. The summed E-state index contributed by atoms with van der Waals surface area (Å²) in [6, 6.07) is 26.5. The Morgan fingerprint density at radius 3 is 2.23 bits per heavy atom. The van der Waals surface area contributed by atoms with Crippen molar-refractivity contribution in [2.75, 3.05) is 12.0 Å². The molecule has 0 saturated heterocycles. The summed E-state index contributed by atoms with van der Waals surface area (Å²) in [6.07, 6.45) is 4.39. The summed E-state index contributed by atoms with van der Waals surface area (Å²) in [6.45, 7) is 6.58. The van der Waals surface area contributed by atoms with Crippen molar-refractivity contribution in [3.8, 4) is 5.75 Å². The van der Waals surface area contributed by atoms with Crippen LogP contribution in [0.25, 0.3) is 6.08 Å². The highest BCUT2D eigenvalue weighted by Gasteiger charge is 2.47. The molecule has 1 aliphatic rings. The van der Waals surface area contributed by atoms with Gasteiger partial charge in [-0.05, 0) is 61.2 Å². The van der Waals surface area contributed by atoms with E-state index in [1.807, 2.05) is 59.5 Å². The van der Waals surface area contributed by atoms with Crippen LogP contribution in [0.2, 0.25) is 0 Å². The van der Waals surface area contributed by atoms with Gasteiger partial charge in [-0.15, -0.1) is 0 Å². The number of nitrogens with zero attached hydrogens (tertiary/aromatic N) is 1. The molecule has 0 fully saturated rings. The van der Waals surface area contributed by atoms with E-state index < -0.39 is 0 Å². The number of fused-ring (bicyclic) bond motifs is 1. The Kier molecular flexibility index (Phi) is 5.45. The van der Waals surface area contributed by atoms with E-state index in [2.05, 4.69) is 51.1 Å². The second-order valence-electron chi connectivity index (χ2n) is 8.98. The number of methoxy groups -OCH3 is 1. The highest BCUT2D eigenvalue weighted by molar-refractivity contribution is 6.06. The van der Waals surface area contributed by atoms with Gasteiger partial charge in [0.25, 0.3) is 5.91 Å². The van der Waals surface area contributed by atoms with Crippen LogP contribution in [-0.4, -0.2) is 18.6 Å². The molecule has 1 amide bonds. The Labute approximate surface area is 185 Å². The molecule has 3 aromatic rings. The van der Waals surface area contributed by atoms with Gasteiger partial charge in [0.1, 0.15) is 5.75 Å². The first-order valence-electron chi connectivity index (χ1n) is 10.7.